The first-order chi connectivity index (χ1) is 17.1. The van der Waals surface area contributed by atoms with Crippen molar-refractivity contribution >= 4 is 11.9 Å². The van der Waals surface area contributed by atoms with E-state index >= 15 is 0 Å². The highest BCUT2D eigenvalue weighted by Crippen LogP contribution is 2.83. The number of hydrogen-bond acceptors (Lipinski definition) is 7. The van der Waals surface area contributed by atoms with Crippen molar-refractivity contribution in [1.82, 2.24) is 0 Å². The molecule has 5 fully saturated rings. The monoisotopic (exact) mass is 500 g/mol. The van der Waals surface area contributed by atoms with Crippen LogP contribution in [0.2, 0.25) is 0 Å². The first-order valence-electron chi connectivity index (χ1n) is 12.7. The fourth-order valence-corrected chi connectivity index (χ4v) is 8.64. The molecule has 0 radical (unpaired) electrons. The summed E-state index contributed by atoms with van der Waals surface area (Å²) in [5.74, 6) is -3.05. The number of epoxide rings is 3. The number of halogens is 2. The zero-order valence-corrected chi connectivity index (χ0v) is 20.1. The fourth-order valence-electron chi connectivity index (χ4n) is 8.64. The third-order valence-electron chi connectivity index (χ3n) is 10.4. The average Bonchev–Trinajstić information content (AvgIpc) is 3.74. The normalized spacial score (nSPS) is 48.6. The van der Waals surface area contributed by atoms with E-state index in [2.05, 4.69) is 6.92 Å². The maximum atomic E-state index is 13.9. The minimum Gasteiger partial charge on any atom is -0.458 e. The number of ether oxygens (including phenoxy) is 5. The quantitative estimate of drug-likeness (QED) is 0.465. The molecule has 1 aromatic rings. The molecule has 3 saturated heterocycles. The summed E-state index contributed by atoms with van der Waals surface area (Å²) in [5.41, 5.74) is -0.987. The Morgan fingerprint density at radius 1 is 1.14 bits per heavy atom. The van der Waals surface area contributed by atoms with E-state index in [1.165, 1.54) is 6.07 Å². The summed E-state index contributed by atoms with van der Waals surface area (Å²) in [6.07, 6.45) is 0.535. The maximum absolute atomic E-state index is 13.9. The molecule has 36 heavy (non-hydrogen) atoms. The number of cyclic esters (lactones) is 1. The Kier molecular flexibility index (Phi) is 3.73. The van der Waals surface area contributed by atoms with Gasteiger partial charge in [-0.2, -0.15) is 0 Å². The lowest BCUT2D eigenvalue weighted by Gasteiger charge is -2.53. The third-order valence-corrected chi connectivity index (χ3v) is 10.4. The van der Waals surface area contributed by atoms with Crippen LogP contribution in [0.3, 0.4) is 0 Å². The molecular formula is C27H26F2O7. The minimum absolute atomic E-state index is 0.00118. The molecule has 9 atom stereocenters. The first kappa shape index (κ1) is 21.7. The van der Waals surface area contributed by atoms with Gasteiger partial charge in [-0.25, -0.2) is 18.4 Å². The fraction of sp³-hybridized carbons (Fsp3) is 0.630. The van der Waals surface area contributed by atoms with Crippen molar-refractivity contribution in [1.29, 1.82) is 0 Å². The number of fused-ring (bicyclic) bond motifs is 4. The molecular weight excluding hydrogens is 474 g/mol. The second-order valence-electron chi connectivity index (χ2n) is 11.9. The van der Waals surface area contributed by atoms with E-state index in [4.69, 9.17) is 23.7 Å². The van der Waals surface area contributed by atoms with Gasteiger partial charge in [0.15, 0.2) is 23.3 Å². The molecule has 0 amide bonds. The molecule has 0 aromatic heterocycles. The van der Waals surface area contributed by atoms with Crippen molar-refractivity contribution in [3.05, 3.63) is 46.5 Å². The van der Waals surface area contributed by atoms with Crippen molar-refractivity contribution in [2.24, 2.45) is 17.3 Å². The number of benzene rings is 1. The van der Waals surface area contributed by atoms with Crippen LogP contribution in [0.1, 0.15) is 50.4 Å². The Labute approximate surface area is 206 Å². The molecule has 0 bridgehead atoms. The van der Waals surface area contributed by atoms with Crippen LogP contribution in [-0.2, 0) is 28.5 Å². The highest BCUT2D eigenvalue weighted by Gasteiger charge is 3.01. The largest absolute Gasteiger partial charge is 0.458 e. The lowest BCUT2D eigenvalue weighted by atomic mass is 9.46. The van der Waals surface area contributed by atoms with Gasteiger partial charge in [0, 0.05) is 11.0 Å². The van der Waals surface area contributed by atoms with Crippen LogP contribution in [0.25, 0.3) is 0 Å². The van der Waals surface area contributed by atoms with E-state index in [1.807, 2.05) is 13.8 Å². The Morgan fingerprint density at radius 3 is 2.69 bits per heavy atom. The third kappa shape index (κ3) is 2.11. The summed E-state index contributed by atoms with van der Waals surface area (Å²) in [5, 5.41) is 0. The summed E-state index contributed by atoms with van der Waals surface area (Å²) in [7, 11) is 0. The van der Waals surface area contributed by atoms with Crippen LogP contribution in [0.5, 0.6) is 0 Å². The molecule has 7 aliphatic rings. The Balaban J connectivity index is 1.22. The van der Waals surface area contributed by atoms with Crippen molar-refractivity contribution in [3.63, 3.8) is 0 Å². The van der Waals surface area contributed by atoms with Crippen LogP contribution < -0.4 is 0 Å². The van der Waals surface area contributed by atoms with Crippen LogP contribution in [-0.4, -0.2) is 59.8 Å². The lowest BCUT2D eigenvalue weighted by Crippen LogP contribution is -2.70. The number of carbonyl (C=O) groups excluding carboxylic acids is 2. The Bertz CT molecular complexity index is 1310. The molecule has 4 aliphatic heterocycles. The highest BCUT2D eigenvalue weighted by molar-refractivity contribution is 5.92. The average molecular weight is 500 g/mol. The molecule has 3 aliphatic carbocycles. The summed E-state index contributed by atoms with van der Waals surface area (Å²) in [6.45, 7) is 6.55. The van der Waals surface area contributed by atoms with Gasteiger partial charge in [-0.3, -0.25) is 0 Å². The van der Waals surface area contributed by atoms with E-state index < -0.39 is 40.5 Å². The second-order valence-corrected chi connectivity index (χ2v) is 11.9. The van der Waals surface area contributed by atoms with Gasteiger partial charge in [0.2, 0.25) is 0 Å². The van der Waals surface area contributed by atoms with E-state index in [0.29, 0.717) is 19.4 Å². The highest BCUT2D eigenvalue weighted by atomic mass is 19.2. The van der Waals surface area contributed by atoms with E-state index in [9.17, 15) is 18.4 Å². The van der Waals surface area contributed by atoms with Crippen molar-refractivity contribution in [2.75, 3.05) is 6.61 Å². The number of carbonyl (C=O) groups is 2. The summed E-state index contributed by atoms with van der Waals surface area (Å²) >= 11 is 0. The van der Waals surface area contributed by atoms with Crippen molar-refractivity contribution in [2.45, 2.75) is 81.3 Å². The molecule has 9 heteroatoms. The van der Waals surface area contributed by atoms with Gasteiger partial charge in [0.25, 0.3) is 0 Å². The van der Waals surface area contributed by atoms with Crippen LogP contribution in [0.15, 0.2) is 29.3 Å². The Hall–Kier alpha value is -2.36. The number of rotatable bonds is 3. The van der Waals surface area contributed by atoms with Gasteiger partial charge in [0.05, 0.1) is 11.7 Å². The minimum atomic E-state index is -1.11. The SMILES string of the molecule is CC(C)[C@@]12O[C@@H]1[C@H]1OC13C1(O[C@H]1C[C@@H]1C4=C(CC[C@@]13C)C(=O)OC4)[C@@H]2OC(=O)c1ccc(F)c(F)c1. The van der Waals surface area contributed by atoms with Gasteiger partial charge < -0.3 is 23.7 Å². The van der Waals surface area contributed by atoms with Crippen molar-refractivity contribution < 1.29 is 42.1 Å². The van der Waals surface area contributed by atoms with Crippen LogP contribution >= 0.6 is 0 Å². The van der Waals surface area contributed by atoms with E-state index in [1.54, 1.807) is 0 Å². The van der Waals surface area contributed by atoms with Gasteiger partial charge in [-0.05, 0) is 54.9 Å². The number of esters is 2. The molecule has 2 saturated carbocycles. The molecule has 7 nitrogen and oxygen atoms in total. The first-order valence-corrected chi connectivity index (χ1v) is 12.7. The standard InChI is InChI=1S/C27H26F2O7/c1-11(2)25-19(35-25)20-27(36-20)24(3)7-6-13-14(10-32-22(13)31)15(24)9-18-26(27,34-18)23(25)33-21(30)12-4-5-16(28)17(29)8-12/h4-5,8,11,15,18-20,23H,6-7,9-10H2,1-3H3/t15-,18+,19-,20-,23-,24+,25-,26?,27?/m1/s1. The smallest absolute Gasteiger partial charge is 0.338 e. The van der Waals surface area contributed by atoms with Gasteiger partial charge in [-0.15, -0.1) is 0 Å². The molecule has 4 heterocycles. The lowest BCUT2D eigenvalue weighted by molar-refractivity contribution is -0.136. The molecule has 190 valence electrons. The van der Waals surface area contributed by atoms with Crippen LogP contribution in [0, 0.1) is 28.9 Å². The summed E-state index contributed by atoms with van der Waals surface area (Å²) in [4.78, 5) is 25.6. The maximum Gasteiger partial charge on any atom is 0.338 e. The molecule has 2 spiro atoms. The predicted octanol–water partition coefficient (Wildman–Crippen LogP) is 3.25. The molecule has 0 N–H and O–H groups in total. The van der Waals surface area contributed by atoms with Gasteiger partial charge >= 0.3 is 11.9 Å². The summed E-state index contributed by atoms with van der Waals surface area (Å²) < 4.78 is 58.5. The number of hydrogen-bond donors (Lipinski definition) is 0. The van der Waals surface area contributed by atoms with Crippen molar-refractivity contribution in [3.8, 4) is 0 Å². The Morgan fingerprint density at radius 2 is 1.94 bits per heavy atom. The zero-order valence-electron chi connectivity index (χ0n) is 20.1. The predicted molar refractivity (Wildman–Crippen MR) is 117 cm³/mol. The van der Waals surface area contributed by atoms with Gasteiger partial charge in [-0.1, -0.05) is 20.8 Å². The molecule has 2 unspecified atom stereocenters. The topological polar surface area (TPSA) is 90.2 Å². The van der Waals surface area contributed by atoms with E-state index in [-0.39, 0.29) is 47.1 Å². The van der Waals surface area contributed by atoms with Crippen LogP contribution in [0.4, 0.5) is 8.78 Å². The van der Waals surface area contributed by atoms with E-state index in [0.717, 1.165) is 29.7 Å². The van der Waals surface area contributed by atoms with Gasteiger partial charge in [0.1, 0.15) is 30.0 Å². The molecule has 1 aromatic carbocycles. The molecule has 8 rings (SSSR count). The summed E-state index contributed by atoms with van der Waals surface area (Å²) in [6, 6.07) is 2.99. The second kappa shape index (κ2) is 6.19. The zero-order chi connectivity index (χ0) is 25.0.